The van der Waals surface area contributed by atoms with E-state index >= 15 is 0 Å². The molecule has 0 spiro atoms. The summed E-state index contributed by atoms with van der Waals surface area (Å²) in [5.74, 6) is 0. The number of halogens is 6. The van der Waals surface area contributed by atoms with Crippen molar-refractivity contribution in [2.24, 2.45) is 0 Å². The van der Waals surface area contributed by atoms with E-state index in [9.17, 15) is 31.4 Å². The first-order chi connectivity index (χ1) is 11.7. The molecule has 0 atom stereocenters. The Labute approximate surface area is 127 Å². The zero-order valence-corrected chi connectivity index (χ0v) is 10.9. The SMILES string of the molecule is [2H]C([2H])([2H])C(O)(CCCCCC=CC(O)(C(F)(F)F)C(F)(F)F)C([2H])([2H])[2H]. The summed E-state index contributed by atoms with van der Waals surface area (Å²) in [5.41, 5.74) is -7.95. The molecule has 0 aromatic carbocycles. The maximum atomic E-state index is 12.4. The zero-order chi connectivity index (χ0) is 21.9. The number of alkyl halides is 6. The second kappa shape index (κ2) is 7.00. The number of allylic oxidation sites excluding steroid dienone is 1. The number of aliphatic hydroxyl groups is 2. The summed E-state index contributed by atoms with van der Waals surface area (Å²) in [6.07, 6.45) is -12.9. The van der Waals surface area contributed by atoms with E-state index in [1.807, 2.05) is 0 Å². The van der Waals surface area contributed by atoms with Gasteiger partial charge in [-0.2, -0.15) is 26.3 Å². The molecule has 0 heterocycles. The summed E-state index contributed by atoms with van der Waals surface area (Å²) < 4.78 is 117. The molecule has 0 fully saturated rings. The maximum Gasteiger partial charge on any atom is 0.429 e. The Balaban J connectivity index is 4.74. The lowest BCUT2D eigenvalue weighted by atomic mass is 9.99. The molecular formula is C13H20F6O2. The lowest BCUT2D eigenvalue weighted by molar-refractivity contribution is -0.347. The van der Waals surface area contributed by atoms with E-state index in [0.29, 0.717) is 6.08 Å². The third-order valence-electron chi connectivity index (χ3n) is 2.63. The van der Waals surface area contributed by atoms with Gasteiger partial charge < -0.3 is 10.2 Å². The molecule has 2 N–H and O–H groups in total. The summed E-state index contributed by atoms with van der Waals surface area (Å²) in [6, 6.07) is 0. The normalized spacial score (nSPS) is 20.4. The molecule has 21 heavy (non-hydrogen) atoms. The van der Waals surface area contributed by atoms with Crippen molar-refractivity contribution in [3.05, 3.63) is 12.2 Å². The minimum Gasteiger partial charge on any atom is -0.390 e. The van der Waals surface area contributed by atoms with Gasteiger partial charge in [0.15, 0.2) is 0 Å². The number of rotatable bonds is 7. The van der Waals surface area contributed by atoms with E-state index in [-0.39, 0.29) is 25.7 Å². The van der Waals surface area contributed by atoms with E-state index in [4.69, 9.17) is 13.3 Å². The van der Waals surface area contributed by atoms with E-state index < -0.39 is 49.8 Å². The van der Waals surface area contributed by atoms with Gasteiger partial charge in [0, 0.05) is 8.22 Å². The fourth-order valence-electron chi connectivity index (χ4n) is 1.42. The largest absolute Gasteiger partial charge is 0.429 e. The van der Waals surface area contributed by atoms with Crippen LogP contribution in [-0.4, -0.2) is 33.8 Å². The van der Waals surface area contributed by atoms with Crippen molar-refractivity contribution in [2.45, 2.75) is 69.4 Å². The van der Waals surface area contributed by atoms with Gasteiger partial charge in [0.05, 0.1) is 5.60 Å². The first-order valence-corrected chi connectivity index (χ1v) is 5.96. The van der Waals surface area contributed by atoms with Gasteiger partial charge in [0.2, 0.25) is 0 Å². The molecule has 0 radical (unpaired) electrons. The van der Waals surface area contributed by atoms with Crippen molar-refractivity contribution in [2.75, 3.05) is 0 Å². The van der Waals surface area contributed by atoms with Crippen LogP contribution in [0.3, 0.4) is 0 Å². The summed E-state index contributed by atoms with van der Waals surface area (Å²) in [4.78, 5) is 0. The molecule has 0 aromatic rings. The van der Waals surface area contributed by atoms with Gasteiger partial charge in [0.25, 0.3) is 5.60 Å². The maximum absolute atomic E-state index is 12.4. The van der Waals surface area contributed by atoms with Crippen LogP contribution in [0.25, 0.3) is 0 Å². The van der Waals surface area contributed by atoms with Gasteiger partial charge in [-0.05, 0) is 39.0 Å². The molecule has 0 saturated carbocycles. The molecule has 8 heteroatoms. The smallest absolute Gasteiger partial charge is 0.390 e. The first-order valence-electron chi connectivity index (χ1n) is 8.96. The van der Waals surface area contributed by atoms with Crippen LogP contribution in [0.1, 0.15) is 54.0 Å². The predicted molar refractivity (Wildman–Crippen MR) is 65.6 cm³/mol. The molecular weight excluding hydrogens is 302 g/mol. The van der Waals surface area contributed by atoms with Crippen LogP contribution in [0.2, 0.25) is 0 Å². The summed E-state index contributed by atoms with van der Waals surface area (Å²) in [6.45, 7) is -6.40. The average molecular weight is 328 g/mol. The van der Waals surface area contributed by atoms with E-state index in [1.165, 1.54) is 0 Å². The fourth-order valence-corrected chi connectivity index (χ4v) is 1.42. The first kappa shape index (κ1) is 11.8. The minimum atomic E-state index is -5.96. The molecule has 0 aliphatic carbocycles. The van der Waals surface area contributed by atoms with Crippen LogP contribution in [0, 0.1) is 0 Å². The number of hydrogen-bond acceptors (Lipinski definition) is 2. The monoisotopic (exact) mass is 328 g/mol. The second-order valence-electron chi connectivity index (χ2n) is 4.62. The third kappa shape index (κ3) is 6.69. The topological polar surface area (TPSA) is 40.5 Å². The van der Waals surface area contributed by atoms with Gasteiger partial charge in [-0.3, -0.25) is 0 Å². The standard InChI is InChI=1S/C13H20F6O2/c1-10(2,20)8-6-4-3-5-7-9-11(21,12(14,15)16)13(17,18)19/h7,9,20-21H,3-6,8H2,1-2H3/i1D3,2D3. The molecule has 0 unspecified atom stereocenters. The summed E-state index contributed by atoms with van der Waals surface area (Å²) in [5, 5.41) is 18.8. The van der Waals surface area contributed by atoms with E-state index in [2.05, 4.69) is 0 Å². The molecule has 2 nitrogen and oxygen atoms in total. The quantitative estimate of drug-likeness (QED) is 0.419. The van der Waals surface area contributed by atoms with Crippen LogP contribution in [-0.2, 0) is 0 Å². The molecule has 0 amide bonds. The molecule has 0 aliphatic heterocycles. The van der Waals surface area contributed by atoms with E-state index in [0.717, 1.165) is 0 Å². The van der Waals surface area contributed by atoms with Crippen LogP contribution < -0.4 is 0 Å². The van der Waals surface area contributed by atoms with Crippen molar-refractivity contribution < 1.29 is 44.8 Å². The fraction of sp³-hybridized carbons (Fsp3) is 0.846. The lowest BCUT2D eigenvalue weighted by Crippen LogP contribution is -2.55. The van der Waals surface area contributed by atoms with Crippen LogP contribution in [0.15, 0.2) is 12.2 Å². The highest BCUT2D eigenvalue weighted by atomic mass is 19.4. The molecule has 0 aromatic heterocycles. The lowest BCUT2D eigenvalue weighted by Gasteiger charge is -2.29. The second-order valence-corrected chi connectivity index (χ2v) is 4.62. The molecule has 0 aliphatic rings. The molecule has 0 rings (SSSR count). The highest BCUT2D eigenvalue weighted by Crippen LogP contribution is 2.44. The Bertz CT molecular complexity index is 481. The number of unbranched alkanes of at least 4 members (excludes halogenated alkanes) is 3. The van der Waals surface area contributed by atoms with Crippen molar-refractivity contribution in [3.8, 4) is 0 Å². The van der Waals surface area contributed by atoms with Crippen LogP contribution in [0.4, 0.5) is 26.3 Å². The Hall–Kier alpha value is -0.760. The zero-order valence-electron chi connectivity index (χ0n) is 16.9. The van der Waals surface area contributed by atoms with Gasteiger partial charge in [-0.1, -0.05) is 18.9 Å². The van der Waals surface area contributed by atoms with Crippen LogP contribution >= 0.6 is 0 Å². The van der Waals surface area contributed by atoms with E-state index in [1.54, 1.807) is 0 Å². The predicted octanol–water partition coefficient (Wildman–Crippen LogP) is 4.12. The minimum absolute atomic E-state index is 0.0135. The average Bonchev–Trinajstić information content (AvgIpc) is 2.40. The highest BCUT2D eigenvalue weighted by Gasteiger charge is 2.68. The van der Waals surface area contributed by atoms with Crippen molar-refractivity contribution >= 4 is 0 Å². The number of hydrogen-bond donors (Lipinski definition) is 2. The van der Waals surface area contributed by atoms with Crippen molar-refractivity contribution in [3.63, 3.8) is 0 Å². The van der Waals surface area contributed by atoms with Gasteiger partial charge >= 0.3 is 12.4 Å². The third-order valence-corrected chi connectivity index (χ3v) is 2.63. The molecule has 0 bridgehead atoms. The molecule has 0 saturated heterocycles. The van der Waals surface area contributed by atoms with Crippen molar-refractivity contribution in [1.82, 2.24) is 0 Å². The summed E-state index contributed by atoms with van der Waals surface area (Å²) >= 11 is 0. The Kier molecular flexibility index (Phi) is 3.92. The van der Waals surface area contributed by atoms with Gasteiger partial charge in [0.1, 0.15) is 0 Å². The van der Waals surface area contributed by atoms with Gasteiger partial charge in [-0.25, -0.2) is 0 Å². The Morgan fingerprint density at radius 1 is 0.905 bits per heavy atom. The van der Waals surface area contributed by atoms with Crippen molar-refractivity contribution in [1.29, 1.82) is 0 Å². The highest BCUT2D eigenvalue weighted by molar-refractivity contribution is 5.10. The van der Waals surface area contributed by atoms with Gasteiger partial charge in [-0.15, -0.1) is 0 Å². The Morgan fingerprint density at radius 3 is 1.86 bits per heavy atom. The van der Waals surface area contributed by atoms with Crippen LogP contribution in [0.5, 0.6) is 0 Å². The Morgan fingerprint density at radius 2 is 1.43 bits per heavy atom. The molecule has 126 valence electrons. The summed E-state index contributed by atoms with van der Waals surface area (Å²) in [7, 11) is 0.